The Bertz CT molecular complexity index is 1020. The van der Waals surface area contributed by atoms with Crippen LogP contribution in [0.3, 0.4) is 0 Å². The molecule has 2 aliphatic rings. The molecule has 1 aromatic carbocycles. The van der Waals surface area contributed by atoms with Gasteiger partial charge in [0.25, 0.3) is 0 Å². The molecule has 2 unspecified atom stereocenters. The number of aromatic nitrogens is 5. The fraction of sp³-hybridized carbons (Fsp3) is 0.400. The molecule has 1 aliphatic heterocycles. The van der Waals surface area contributed by atoms with Crippen LogP contribution in [0.1, 0.15) is 48.3 Å². The van der Waals surface area contributed by atoms with Crippen molar-refractivity contribution in [1.82, 2.24) is 25.1 Å². The number of alkyl halides is 1. The summed E-state index contributed by atoms with van der Waals surface area (Å²) in [6.45, 7) is 1.95. The predicted octanol–water partition coefficient (Wildman–Crippen LogP) is 3.95. The molecule has 0 amide bonds. The molecule has 1 saturated heterocycles. The summed E-state index contributed by atoms with van der Waals surface area (Å²) >= 11 is 0. The Kier molecular flexibility index (Phi) is 4.37. The van der Waals surface area contributed by atoms with E-state index in [0.717, 1.165) is 11.3 Å². The highest BCUT2D eigenvalue weighted by atomic mass is 19.1. The molecule has 0 bridgehead atoms. The maximum atomic E-state index is 14.3. The van der Waals surface area contributed by atoms with Gasteiger partial charge in [-0.05, 0) is 37.5 Å². The van der Waals surface area contributed by atoms with Crippen LogP contribution in [0.2, 0.25) is 0 Å². The molecule has 2 N–H and O–H groups in total. The maximum absolute atomic E-state index is 14.3. The van der Waals surface area contributed by atoms with Gasteiger partial charge in [-0.3, -0.25) is 5.10 Å². The van der Waals surface area contributed by atoms with Gasteiger partial charge in [-0.1, -0.05) is 12.1 Å². The Hall–Kier alpha value is -3.10. The lowest BCUT2D eigenvalue weighted by molar-refractivity contribution is 0.357. The minimum absolute atomic E-state index is 0.180. The summed E-state index contributed by atoms with van der Waals surface area (Å²) in [5.41, 5.74) is 1.94. The Labute approximate surface area is 166 Å². The number of benzene rings is 1. The first-order valence-corrected chi connectivity index (χ1v) is 9.76. The van der Waals surface area contributed by atoms with Gasteiger partial charge < -0.3 is 10.2 Å². The highest BCUT2D eigenvalue weighted by molar-refractivity contribution is 5.51. The second-order valence-corrected chi connectivity index (χ2v) is 7.67. The number of aryl methyl sites for hydroxylation is 1. The van der Waals surface area contributed by atoms with Gasteiger partial charge in [0.15, 0.2) is 5.82 Å². The van der Waals surface area contributed by atoms with Crippen molar-refractivity contribution in [2.75, 3.05) is 16.8 Å². The summed E-state index contributed by atoms with van der Waals surface area (Å²) in [5.74, 6) is 2.17. The zero-order valence-electron chi connectivity index (χ0n) is 15.9. The summed E-state index contributed by atoms with van der Waals surface area (Å²) in [6.07, 6.45) is 1.66. The molecular weight excluding hydrogens is 376 g/mol. The molecule has 150 valence electrons. The van der Waals surface area contributed by atoms with Crippen LogP contribution in [0, 0.1) is 12.7 Å². The number of H-pyrrole nitrogens is 1. The topological polar surface area (TPSA) is 82.6 Å². The van der Waals surface area contributed by atoms with Crippen LogP contribution in [0.5, 0.6) is 0 Å². The monoisotopic (exact) mass is 397 g/mol. The average molecular weight is 397 g/mol. The summed E-state index contributed by atoms with van der Waals surface area (Å²) in [6, 6.07) is 7.85. The fourth-order valence-corrected chi connectivity index (χ4v) is 3.78. The fourth-order valence-electron chi connectivity index (χ4n) is 3.78. The predicted molar refractivity (Wildman–Crippen MR) is 104 cm³/mol. The first kappa shape index (κ1) is 18.0. The van der Waals surface area contributed by atoms with Gasteiger partial charge in [0, 0.05) is 24.1 Å². The quantitative estimate of drug-likeness (QED) is 0.678. The summed E-state index contributed by atoms with van der Waals surface area (Å²) in [4.78, 5) is 15.1. The number of nitrogens with zero attached hydrogens (tertiary/aromatic N) is 5. The van der Waals surface area contributed by atoms with E-state index in [1.807, 2.05) is 11.0 Å². The number of rotatable bonds is 5. The first-order chi connectivity index (χ1) is 14.0. The zero-order chi connectivity index (χ0) is 20.0. The van der Waals surface area contributed by atoms with Crippen molar-refractivity contribution in [3.05, 3.63) is 53.2 Å². The molecule has 0 spiro atoms. The second-order valence-electron chi connectivity index (χ2n) is 7.67. The molecule has 3 aromatic rings. The van der Waals surface area contributed by atoms with Crippen molar-refractivity contribution < 1.29 is 8.78 Å². The van der Waals surface area contributed by atoms with Crippen LogP contribution >= 0.6 is 0 Å². The Morgan fingerprint density at radius 2 is 1.93 bits per heavy atom. The molecule has 29 heavy (non-hydrogen) atoms. The van der Waals surface area contributed by atoms with Crippen molar-refractivity contribution in [2.24, 2.45) is 0 Å². The van der Waals surface area contributed by atoms with Gasteiger partial charge in [0.05, 0.1) is 12.6 Å². The smallest absolute Gasteiger partial charge is 0.233 e. The Morgan fingerprint density at radius 3 is 2.69 bits per heavy atom. The van der Waals surface area contributed by atoms with Gasteiger partial charge in [0.2, 0.25) is 11.9 Å². The molecule has 1 saturated carbocycles. The van der Waals surface area contributed by atoms with Crippen LogP contribution in [-0.4, -0.2) is 37.9 Å². The highest BCUT2D eigenvalue weighted by Gasteiger charge is 2.35. The number of nitrogens with one attached hydrogen (secondary N) is 2. The average Bonchev–Trinajstić information content (AvgIpc) is 3.32. The maximum Gasteiger partial charge on any atom is 0.233 e. The molecular formula is C20H21F2N7. The third-order valence-corrected chi connectivity index (χ3v) is 5.35. The Morgan fingerprint density at radius 1 is 1.14 bits per heavy atom. The van der Waals surface area contributed by atoms with Crippen LogP contribution in [0.15, 0.2) is 30.3 Å². The summed E-state index contributed by atoms with van der Waals surface area (Å²) < 4.78 is 27.6. The zero-order valence-corrected chi connectivity index (χ0v) is 15.9. The van der Waals surface area contributed by atoms with E-state index in [0.29, 0.717) is 35.9 Å². The van der Waals surface area contributed by atoms with E-state index < -0.39 is 6.17 Å². The molecule has 2 atom stereocenters. The van der Waals surface area contributed by atoms with E-state index in [1.165, 1.54) is 25.0 Å². The van der Waals surface area contributed by atoms with Gasteiger partial charge in [-0.15, -0.1) is 0 Å². The third kappa shape index (κ3) is 3.76. The molecule has 0 radical (unpaired) electrons. The van der Waals surface area contributed by atoms with Crippen LogP contribution < -0.4 is 10.2 Å². The van der Waals surface area contributed by atoms with E-state index in [1.54, 1.807) is 19.1 Å². The van der Waals surface area contributed by atoms with Crippen molar-refractivity contribution in [3.8, 4) is 0 Å². The van der Waals surface area contributed by atoms with E-state index in [4.69, 9.17) is 0 Å². The van der Waals surface area contributed by atoms with E-state index in [2.05, 4.69) is 30.5 Å². The van der Waals surface area contributed by atoms with E-state index >= 15 is 0 Å². The molecule has 1 aliphatic carbocycles. The number of aromatic amines is 1. The first-order valence-electron chi connectivity index (χ1n) is 9.76. The van der Waals surface area contributed by atoms with E-state index in [-0.39, 0.29) is 18.4 Å². The van der Waals surface area contributed by atoms with Gasteiger partial charge in [-0.2, -0.15) is 20.1 Å². The SMILES string of the molecule is Cc1nc(Nc2cc(C3CC3)[nH]n2)nc(N2CC(F)CC2c2ccc(F)cc2)n1. The number of hydrogen-bond donors (Lipinski definition) is 2. The second kappa shape index (κ2) is 7.06. The lowest BCUT2D eigenvalue weighted by Gasteiger charge is -2.25. The lowest BCUT2D eigenvalue weighted by atomic mass is 10.0. The largest absolute Gasteiger partial charge is 0.331 e. The number of anilines is 3. The van der Waals surface area contributed by atoms with Gasteiger partial charge in [0.1, 0.15) is 17.8 Å². The Balaban J connectivity index is 1.42. The van der Waals surface area contributed by atoms with E-state index in [9.17, 15) is 8.78 Å². The third-order valence-electron chi connectivity index (χ3n) is 5.35. The van der Waals surface area contributed by atoms with Crippen LogP contribution in [-0.2, 0) is 0 Å². The van der Waals surface area contributed by atoms with Crippen LogP contribution in [0.25, 0.3) is 0 Å². The summed E-state index contributed by atoms with van der Waals surface area (Å²) in [5, 5.41) is 10.4. The molecule has 7 nitrogen and oxygen atoms in total. The number of halogens is 2. The molecule has 2 fully saturated rings. The molecule has 3 heterocycles. The lowest BCUT2D eigenvalue weighted by Crippen LogP contribution is -2.26. The van der Waals surface area contributed by atoms with Crippen LogP contribution in [0.4, 0.5) is 26.5 Å². The van der Waals surface area contributed by atoms with Crippen molar-refractivity contribution in [3.63, 3.8) is 0 Å². The highest BCUT2D eigenvalue weighted by Crippen LogP contribution is 2.40. The molecule has 5 rings (SSSR count). The summed E-state index contributed by atoms with van der Waals surface area (Å²) in [7, 11) is 0. The van der Waals surface area contributed by atoms with Gasteiger partial charge in [-0.25, -0.2) is 8.78 Å². The molecule has 2 aromatic heterocycles. The number of hydrogen-bond acceptors (Lipinski definition) is 6. The van der Waals surface area contributed by atoms with Gasteiger partial charge >= 0.3 is 0 Å². The minimum atomic E-state index is -1.01. The standard InChI is InChI=1S/C20H21F2N7/c1-11-23-19(25-18-9-16(27-28-18)12-2-3-12)26-20(24-11)29-10-15(22)8-17(29)13-4-6-14(21)7-5-13/h4-7,9,12,15,17H,2-3,8,10H2,1H3,(H2,23,24,25,26,27,28). The normalized spacial score (nSPS) is 21.6. The van der Waals surface area contributed by atoms with Crippen molar-refractivity contribution >= 4 is 17.7 Å². The molecule has 9 heteroatoms. The minimum Gasteiger partial charge on any atom is -0.331 e. The van der Waals surface area contributed by atoms with Crippen molar-refractivity contribution in [2.45, 2.75) is 44.3 Å². The van der Waals surface area contributed by atoms with Crippen molar-refractivity contribution in [1.29, 1.82) is 0 Å².